The molecule has 9 nitrogen and oxygen atoms in total. The fourth-order valence-corrected chi connectivity index (χ4v) is 3.87. The molecule has 0 bridgehead atoms. The summed E-state index contributed by atoms with van der Waals surface area (Å²) in [5.74, 6) is -4.95. The Hall–Kier alpha value is -3.30. The number of likely N-dealkylation sites (tertiary alicyclic amines) is 1. The number of hydrogen-bond acceptors (Lipinski definition) is 7. The number of hydrogen-bond donors (Lipinski definition) is 2. The maximum Gasteiger partial charge on any atom is 0.490 e. The van der Waals surface area contributed by atoms with E-state index < -0.39 is 24.3 Å². The lowest BCUT2D eigenvalue weighted by atomic mass is 9.82. The standard InChI is InChI=1S/C19H23N3O2.2C2HF3O2/c1-2-17(8-21-5-1)9-22-10-18-12-24-15-19(18,13-22)14-23-11-16-3-6-20-7-4-16;2*3-2(4,5)1(6)7/h1-8,18H,9-15H2;2*(H,6,7)/t18-,19-;;/m1../s1. The van der Waals surface area contributed by atoms with Crippen LogP contribution in [-0.2, 0) is 32.2 Å². The average molecular weight is 553 g/mol. The molecule has 0 aliphatic carbocycles. The van der Waals surface area contributed by atoms with Gasteiger partial charge in [-0.15, -0.1) is 0 Å². The van der Waals surface area contributed by atoms with Gasteiger partial charge >= 0.3 is 24.3 Å². The molecule has 2 aliphatic rings. The van der Waals surface area contributed by atoms with Crippen molar-refractivity contribution in [2.45, 2.75) is 25.5 Å². The number of nitrogens with zero attached hydrogens (tertiary/aromatic N) is 3. The minimum absolute atomic E-state index is 0.134. The van der Waals surface area contributed by atoms with Crippen LogP contribution < -0.4 is 0 Å². The zero-order chi connectivity index (χ0) is 28.4. The summed E-state index contributed by atoms with van der Waals surface area (Å²) in [6, 6.07) is 8.15. The predicted octanol–water partition coefficient (Wildman–Crippen LogP) is 3.41. The number of alkyl halides is 6. The number of halogens is 6. The number of fused-ring (bicyclic) bond motifs is 1. The molecule has 0 saturated carbocycles. The summed E-state index contributed by atoms with van der Waals surface area (Å²) in [6.07, 6.45) is -2.77. The first-order valence-electron chi connectivity index (χ1n) is 11.0. The molecule has 0 radical (unpaired) electrons. The Morgan fingerprint density at radius 2 is 1.61 bits per heavy atom. The second-order valence-corrected chi connectivity index (χ2v) is 8.56. The molecule has 0 aromatic carbocycles. The number of aromatic nitrogens is 2. The molecule has 2 fully saturated rings. The minimum atomic E-state index is -5.08. The lowest BCUT2D eigenvalue weighted by Gasteiger charge is -2.27. The molecule has 38 heavy (non-hydrogen) atoms. The van der Waals surface area contributed by atoms with Gasteiger partial charge in [0.2, 0.25) is 0 Å². The van der Waals surface area contributed by atoms with Crippen molar-refractivity contribution in [1.29, 1.82) is 0 Å². The lowest BCUT2D eigenvalue weighted by Crippen LogP contribution is -2.35. The SMILES string of the molecule is O=C(O)C(F)(F)F.O=C(O)C(F)(F)F.c1cncc(CN2C[C@@H]3COC[C@]3(COCc3ccncc3)C2)c1. The Kier molecular flexibility index (Phi) is 11.0. The van der Waals surface area contributed by atoms with E-state index >= 15 is 0 Å². The largest absolute Gasteiger partial charge is 0.490 e. The van der Waals surface area contributed by atoms with E-state index in [0.29, 0.717) is 12.5 Å². The van der Waals surface area contributed by atoms with Crippen LogP contribution in [0.1, 0.15) is 11.1 Å². The van der Waals surface area contributed by atoms with Gasteiger partial charge in [-0.05, 0) is 29.3 Å². The quantitative estimate of drug-likeness (QED) is 0.519. The third-order valence-corrected chi connectivity index (χ3v) is 5.61. The highest BCUT2D eigenvalue weighted by atomic mass is 19.4. The monoisotopic (exact) mass is 553 g/mol. The van der Waals surface area contributed by atoms with Gasteiger partial charge in [-0.25, -0.2) is 9.59 Å². The molecule has 4 rings (SSSR count). The van der Waals surface area contributed by atoms with Crippen LogP contribution in [0.15, 0.2) is 49.1 Å². The molecule has 2 aromatic rings. The van der Waals surface area contributed by atoms with Crippen LogP contribution in [0.5, 0.6) is 0 Å². The number of carbonyl (C=O) groups is 2. The summed E-state index contributed by atoms with van der Waals surface area (Å²) in [5, 5.41) is 14.2. The van der Waals surface area contributed by atoms with Crippen molar-refractivity contribution in [3.05, 3.63) is 60.2 Å². The molecule has 2 atom stereocenters. The topological polar surface area (TPSA) is 122 Å². The van der Waals surface area contributed by atoms with Crippen LogP contribution in [0.4, 0.5) is 26.3 Å². The van der Waals surface area contributed by atoms with Gasteiger partial charge in [-0.2, -0.15) is 26.3 Å². The van der Waals surface area contributed by atoms with Gasteiger partial charge in [-0.3, -0.25) is 14.9 Å². The molecule has 210 valence electrons. The first kappa shape index (κ1) is 30.9. The van der Waals surface area contributed by atoms with Gasteiger partial charge in [0.1, 0.15) is 0 Å². The maximum absolute atomic E-state index is 10.6. The Balaban J connectivity index is 0.000000301. The highest BCUT2D eigenvalue weighted by molar-refractivity contribution is 5.73. The van der Waals surface area contributed by atoms with E-state index in [1.807, 2.05) is 43.0 Å². The van der Waals surface area contributed by atoms with E-state index in [9.17, 15) is 26.3 Å². The Morgan fingerprint density at radius 3 is 2.13 bits per heavy atom. The number of ether oxygens (including phenoxy) is 2. The highest BCUT2D eigenvalue weighted by Crippen LogP contribution is 2.42. The van der Waals surface area contributed by atoms with Crippen LogP contribution >= 0.6 is 0 Å². The van der Waals surface area contributed by atoms with Crippen LogP contribution in [-0.4, -0.2) is 82.3 Å². The third kappa shape index (κ3) is 9.87. The molecule has 2 N–H and O–H groups in total. The van der Waals surface area contributed by atoms with Gasteiger partial charge in [0.25, 0.3) is 0 Å². The van der Waals surface area contributed by atoms with Crippen molar-refractivity contribution in [1.82, 2.24) is 14.9 Å². The summed E-state index contributed by atoms with van der Waals surface area (Å²) in [7, 11) is 0. The fraction of sp³-hybridized carbons (Fsp3) is 0.478. The summed E-state index contributed by atoms with van der Waals surface area (Å²) < 4.78 is 75.3. The molecular formula is C23H25F6N3O6. The van der Waals surface area contributed by atoms with Crippen molar-refractivity contribution in [3.8, 4) is 0 Å². The van der Waals surface area contributed by atoms with E-state index in [1.54, 1.807) is 0 Å². The van der Waals surface area contributed by atoms with E-state index in [4.69, 9.17) is 29.3 Å². The summed E-state index contributed by atoms with van der Waals surface area (Å²) in [4.78, 5) is 28.6. The van der Waals surface area contributed by atoms with Crippen LogP contribution in [0.2, 0.25) is 0 Å². The maximum atomic E-state index is 10.6. The van der Waals surface area contributed by atoms with Crippen molar-refractivity contribution in [3.63, 3.8) is 0 Å². The van der Waals surface area contributed by atoms with Crippen LogP contribution in [0.3, 0.4) is 0 Å². The Bertz CT molecular complexity index is 1000. The average Bonchev–Trinajstić information content (AvgIpc) is 3.36. The number of aliphatic carboxylic acids is 2. The zero-order valence-corrected chi connectivity index (χ0v) is 19.8. The number of rotatable bonds is 6. The fourth-order valence-electron chi connectivity index (χ4n) is 3.87. The van der Waals surface area contributed by atoms with Crippen LogP contribution in [0.25, 0.3) is 0 Å². The van der Waals surface area contributed by atoms with Gasteiger partial charge in [0.05, 0.1) is 26.4 Å². The van der Waals surface area contributed by atoms with E-state index in [2.05, 4.69) is 20.9 Å². The van der Waals surface area contributed by atoms with Gasteiger partial charge in [-0.1, -0.05) is 6.07 Å². The lowest BCUT2D eigenvalue weighted by molar-refractivity contribution is -0.193. The van der Waals surface area contributed by atoms with E-state index in [1.165, 1.54) is 11.1 Å². The van der Waals surface area contributed by atoms with Crippen molar-refractivity contribution in [2.24, 2.45) is 11.3 Å². The van der Waals surface area contributed by atoms with Gasteiger partial charge in [0.15, 0.2) is 0 Å². The molecule has 2 saturated heterocycles. The minimum Gasteiger partial charge on any atom is -0.475 e. The normalized spacial score (nSPS) is 20.9. The molecular weight excluding hydrogens is 528 g/mol. The summed E-state index contributed by atoms with van der Waals surface area (Å²) in [6.45, 7) is 6.11. The third-order valence-electron chi connectivity index (χ3n) is 5.61. The smallest absolute Gasteiger partial charge is 0.475 e. The Morgan fingerprint density at radius 1 is 1.00 bits per heavy atom. The highest BCUT2D eigenvalue weighted by Gasteiger charge is 2.50. The second kappa shape index (κ2) is 13.5. The van der Waals surface area contributed by atoms with E-state index in [-0.39, 0.29) is 5.41 Å². The molecule has 2 aromatic heterocycles. The molecule has 4 heterocycles. The summed E-state index contributed by atoms with van der Waals surface area (Å²) >= 11 is 0. The number of carboxylic acids is 2. The number of carboxylic acid groups (broad SMARTS) is 2. The van der Waals surface area contributed by atoms with Gasteiger partial charge in [0, 0.05) is 55.8 Å². The molecule has 0 unspecified atom stereocenters. The van der Waals surface area contributed by atoms with Gasteiger partial charge < -0.3 is 19.7 Å². The number of pyridine rings is 2. The molecule has 0 amide bonds. The van der Waals surface area contributed by atoms with Crippen molar-refractivity contribution >= 4 is 11.9 Å². The first-order valence-corrected chi connectivity index (χ1v) is 11.0. The zero-order valence-electron chi connectivity index (χ0n) is 19.8. The van der Waals surface area contributed by atoms with Crippen LogP contribution in [0, 0.1) is 11.3 Å². The predicted molar refractivity (Wildman–Crippen MR) is 118 cm³/mol. The molecule has 15 heteroatoms. The summed E-state index contributed by atoms with van der Waals surface area (Å²) in [5.41, 5.74) is 2.57. The van der Waals surface area contributed by atoms with Crippen molar-refractivity contribution in [2.75, 3.05) is 32.9 Å². The van der Waals surface area contributed by atoms with Crippen molar-refractivity contribution < 1.29 is 55.6 Å². The Labute approximate surface area is 213 Å². The molecule has 2 aliphatic heterocycles. The van der Waals surface area contributed by atoms with E-state index in [0.717, 1.165) is 39.5 Å². The first-order chi connectivity index (χ1) is 17.7. The molecule has 0 spiro atoms. The second-order valence-electron chi connectivity index (χ2n) is 8.56.